The predicted octanol–water partition coefficient (Wildman–Crippen LogP) is 3.56. The normalized spacial score (nSPS) is 11.4. The first-order chi connectivity index (χ1) is 6.16. The summed E-state index contributed by atoms with van der Waals surface area (Å²) in [5, 5.41) is 1.07. The lowest BCUT2D eigenvalue weighted by Gasteiger charge is -1.94. The number of hydrogen-bond donors (Lipinski definition) is 0. The van der Waals surface area contributed by atoms with E-state index in [0.29, 0.717) is 5.92 Å². The van der Waals surface area contributed by atoms with Gasteiger partial charge in [-0.25, -0.2) is 9.37 Å². The first kappa shape index (κ1) is 8.63. The van der Waals surface area contributed by atoms with Gasteiger partial charge in [0.15, 0.2) is 0 Å². The van der Waals surface area contributed by atoms with Crippen LogP contribution in [0.1, 0.15) is 24.8 Å². The van der Waals surface area contributed by atoms with E-state index in [1.807, 2.05) is 0 Å². The quantitative estimate of drug-likeness (QED) is 0.678. The maximum Gasteiger partial charge on any atom is 0.124 e. The van der Waals surface area contributed by atoms with Crippen LogP contribution in [-0.2, 0) is 0 Å². The average molecular weight is 195 g/mol. The summed E-state index contributed by atoms with van der Waals surface area (Å²) < 4.78 is 13.8. The van der Waals surface area contributed by atoms with Crippen molar-refractivity contribution in [1.82, 2.24) is 4.98 Å². The fourth-order valence-corrected chi connectivity index (χ4v) is 2.16. The van der Waals surface area contributed by atoms with Gasteiger partial charge in [-0.3, -0.25) is 0 Å². The second kappa shape index (κ2) is 3.07. The Morgan fingerprint density at radius 1 is 1.38 bits per heavy atom. The van der Waals surface area contributed by atoms with Gasteiger partial charge in [0, 0.05) is 5.92 Å². The number of rotatable bonds is 1. The summed E-state index contributed by atoms with van der Waals surface area (Å²) in [6.45, 7) is 4.18. The Balaban J connectivity index is 2.62. The van der Waals surface area contributed by atoms with Gasteiger partial charge < -0.3 is 0 Å². The lowest BCUT2D eigenvalue weighted by atomic mass is 10.2. The first-order valence-electron chi connectivity index (χ1n) is 4.23. The van der Waals surface area contributed by atoms with Crippen LogP contribution in [0.2, 0.25) is 0 Å². The SMILES string of the molecule is CC(C)c1nc2ccc(F)cc2s1. The van der Waals surface area contributed by atoms with E-state index in [4.69, 9.17) is 0 Å². The summed E-state index contributed by atoms with van der Waals surface area (Å²) in [6.07, 6.45) is 0. The first-order valence-corrected chi connectivity index (χ1v) is 5.04. The molecule has 1 heterocycles. The molecule has 0 saturated carbocycles. The van der Waals surface area contributed by atoms with E-state index in [9.17, 15) is 4.39 Å². The molecule has 1 aromatic carbocycles. The van der Waals surface area contributed by atoms with Gasteiger partial charge in [-0.1, -0.05) is 13.8 Å². The zero-order chi connectivity index (χ0) is 9.42. The average Bonchev–Trinajstić information content (AvgIpc) is 2.46. The fourth-order valence-electron chi connectivity index (χ4n) is 1.16. The van der Waals surface area contributed by atoms with Gasteiger partial charge in [0.2, 0.25) is 0 Å². The smallest absolute Gasteiger partial charge is 0.124 e. The van der Waals surface area contributed by atoms with Gasteiger partial charge >= 0.3 is 0 Å². The molecular formula is C10H10FNS. The van der Waals surface area contributed by atoms with Crippen LogP contribution in [0, 0.1) is 5.82 Å². The Hall–Kier alpha value is -0.960. The highest BCUT2D eigenvalue weighted by Gasteiger charge is 2.07. The van der Waals surface area contributed by atoms with Crippen molar-refractivity contribution in [3.63, 3.8) is 0 Å². The van der Waals surface area contributed by atoms with Crippen molar-refractivity contribution in [3.05, 3.63) is 29.0 Å². The topological polar surface area (TPSA) is 12.9 Å². The van der Waals surface area contributed by atoms with E-state index in [1.165, 1.54) is 6.07 Å². The molecule has 1 nitrogen and oxygen atoms in total. The van der Waals surface area contributed by atoms with Gasteiger partial charge in [-0.2, -0.15) is 0 Å². The maximum absolute atomic E-state index is 12.8. The molecule has 0 aliphatic heterocycles. The van der Waals surface area contributed by atoms with Gasteiger partial charge in [0.25, 0.3) is 0 Å². The number of nitrogens with zero attached hydrogens (tertiary/aromatic N) is 1. The van der Waals surface area contributed by atoms with Crippen molar-refractivity contribution in [1.29, 1.82) is 0 Å². The molecule has 0 aliphatic carbocycles. The van der Waals surface area contributed by atoms with Crippen LogP contribution < -0.4 is 0 Å². The maximum atomic E-state index is 12.8. The van der Waals surface area contributed by atoms with Crippen LogP contribution in [0.5, 0.6) is 0 Å². The molecule has 2 aromatic rings. The highest BCUT2D eigenvalue weighted by molar-refractivity contribution is 7.18. The minimum absolute atomic E-state index is 0.188. The van der Waals surface area contributed by atoms with E-state index < -0.39 is 0 Å². The minimum atomic E-state index is -0.188. The van der Waals surface area contributed by atoms with E-state index in [1.54, 1.807) is 23.5 Å². The van der Waals surface area contributed by atoms with E-state index in [0.717, 1.165) is 15.2 Å². The predicted molar refractivity (Wildman–Crippen MR) is 53.7 cm³/mol. The number of hydrogen-bond acceptors (Lipinski definition) is 2. The van der Waals surface area contributed by atoms with Crippen molar-refractivity contribution in [3.8, 4) is 0 Å². The van der Waals surface area contributed by atoms with Crippen molar-refractivity contribution in [2.75, 3.05) is 0 Å². The summed E-state index contributed by atoms with van der Waals surface area (Å²) in [7, 11) is 0. The second-order valence-corrected chi connectivity index (χ2v) is 4.38. The molecule has 0 N–H and O–H groups in total. The van der Waals surface area contributed by atoms with Crippen molar-refractivity contribution < 1.29 is 4.39 Å². The van der Waals surface area contributed by atoms with Crippen molar-refractivity contribution in [2.45, 2.75) is 19.8 Å². The van der Waals surface area contributed by atoms with Crippen LogP contribution in [0.3, 0.4) is 0 Å². The summed E-state index contributed by atoms with van der Waals surface area (Å²) in [5.41, 5.74) is 0.898. The molecule has 0 saturated heterocycles. The highest BCUT2D eigenvalue weighted by Crippen LogP contribution is 2.27. The summed E-state index contributed by atoms with van der Waals surface area (Å²) in [4.78, 5) is 4.41. The zero-order valence-electron chi connectivity index (χ0n) is 7.54. The largest absolute Gasteiger partial charge is 0.241 e. The molecule has 0 amide bonds. The van der Waals surface area contributed by atoms with E-state index >= 15 is 0 Å². The zero-order valence-corrected chi connectivity index (χ0v) is 8.36. The third-order valence-electron chi connectivity index (χ3n) is 1.86. The Morgan fingerprint density at radius 3 is 2.85 bits per heavy atom. The van der Waals surface area contributed by atoms with Gasteiger partial charge in [0.05, 0.1) is 15.2 Å². The van der Waals surface area contributed by atoms with Crippen LogP contribution in [0.15, 0.2) is 18.2 Å². The standard InChI is InChI=1S/C10H10FNS/c1-6(2)10-12-8-4-3-7(11)5-9(8)13-10/h3-6H,1-2H3. The molecule has 0 spiro atoms. The molecule has 0 aliphatic rings. The van der Waals surface area contributed by atoms with Gasteiger partial charge in [0.1, 0.15) is 5.82 Å². The lowest BCUT2D eigenvalue weighted by Crippen LogP contribution is -1.82. The van der Waals surface area contributed by atoms with Crippen molar-refractivity contribution in [2.24, 2.45) is 0 Å². The molecular weight excluding hydrogens is 185 g/mol. The van der Waals surface area contributed by atoms with Crippen LogP contribution in [-0.4, -0.2) is 4.98 Å². The highest BCUT2D eigenvalue weighted by atomic mass is 32.1. The third kappa shape index (κ3) is 1.56. The second-order valence-electron chi connectivity index (χ2n) is 3.32. The fraction of sp³-hybridized carbons (Fsp3) is 0.300. The summed E-state index contributed by atoms with van der Waals surface area (Å²) >= 11 is 1.57. The number of aromatic nitrogens is 1. The number of thiazole rings is 1. The lowest BCUT2D eigenvalue weighted by molar-refractivity contribution is 0.630. The molecule has 2 rings (SSSR count). The van der Waals surface area contributed by atoms with Crippen molar-refractivity contribution >= 4 is 21.6 Å². The Kier molecular flexibility index (Phi) is 2.04. The van der Waals surface area contributed by atoms with Crippen LogP contribution >= 0.6 is 11.3 Å². The molecule has 13 heavy (non-hydrogen) atoms. The molecule has 0 bridgehead atoms. The van der Waals surface area contributed by atoms with Gasteiger partial charge in [-0.15, -0.1) is 11.3 Å². The summed E-state index contributed by atoms with van der Waals surface area (Å²) in [6, 6.07) is 4.72. The monoisotopic (exact) mass is 195 g/mol. The Labute approximate surface area is 80.2 Å². The number of benzene rings is 1. The molecule has 0 radical (unpaired) electrons. The van der Waals surface area contributed by atoms with E-state index in [2.05, 4.69) is 18.8 Å². The molecule has 0 atom stereocenters. The number of halogens is 1. The molecule has 0 fully saturated rings. The van der Waals surface area contributed by atoms with Crippen LogP contribution in [0.25, 0.3) is 10.2 Å². The van der Waals surface area contributed by atoms with Gasteiger partial charge in [-0.05, 0) is 18.2 Å². The van der Waals surface area contributed by atoms with Crippen LogP contribution in [0.4, 0.5) is 4.39 Å². The Bertz CT molecular complexity index is 433. The Morgan fingerprint density at radius 2 is 2.15 bits per heavy atom. The number of fused-ring (bicyclic) bond motifs is 1. The molecule has 1 aromatic heterocycles. The van der Waals surface area contributed by atoms with E-state index in [-0.39, 0.29) is 5.82 Å². The third-order valence-corrected chi connectivity index (χ3v) is 3.18. The molecule has 3 heteroatoms. The molecule has 0 unspecified atom stereocenters. The summed E-state index contributed by atoms with van der Waals surface area (Å²) in [5.74, 6) is 0.229. The minimum Gasteiger partial charge on any atom is -0.241 e. The molecule has 68 valence electrons.